The highest BCUT2D eigenvalue weighted by Gasteiger charge is 2.13. The van der Waals surface area contributed by atoms with Crippen molar-refractivity contribution in [2.24, 2.45) is 4.99 Å². The third kappa shape index (κ3) is 1.73. The van der Waals surface area contributed by atoms with Crippen LogP contribution in [-0.4, -0.2) is 19.3 Å². The summed E-state index contributed by atoms with van der Waals surface area (Å²) in [6, 6.07) is 0. The molecule has 0 radical (unpaired) electrons. The van der Waals surface area contributed by atoms with Crippen molar-refractivity contribution in [3.63, 3.8) is 0 Å². The smallest absolute Gasteiger partial charge is 0.0362 e. The van der Waals surface area contributed by atoms with Crippen molar-refractivity contribution < 1.29 is 0 Å². The molecule has 0 spiro atoms. The molecule has 0 saturated heterocycles. The predicted molar refractivity (Wildman–Crippen MR) is 56.0 cm³/mol. The van der Waals surface area contributed by atoms with Crippen LogP contribution in [0.2, 0.25) is 0 Å². The minimum atomic E-state index is 1.01. The molecule has 0 aromatic carbocycles. The van der Waals surface area contributed by atoms with Crippen LogP contribution >= 0.6 is 0 Å². The van der Waals surface area contributed by atoms with E-state index in [-0.39, 0.29) is 0 Å². The van der Waals surface area contributed by atoms with Crippen LogP contribution in [0.25, 0.3) is 0 Å². The number of hydrogen-bond acceptors (Lipinski definition) is 2. The number of aliphatic imine (C=N–C) groups is 1. The van der Waals surface area contributed by atoms with Crippen LogP contribution in [0.1, 0.15) is 26.7 Å². The van der Waals surface area contributed by atoms with E-state index in [2.05, 4.69) is 24.2 Å². The first kappa shape index (κ1) is 8.70. The van der Waals surface area contributed by atoms with Crippen molar-refractivity contribution in [1.29, 1.82) is 0 Å². The van der Waals surface area contributed by atoms with Gasteiger partial charge in [-0.15, -0.1) is 0 Å². The van der Waals surface area contributed by atoms with E-state index in [1.807, 2.05) is 6.21 Å². The van der Waals surface area contributed by atoms with E-state index in [4.69, 9.17) is 0 Å². The number of nitrogens with one attached hydrogen (secondary N) is 1. The summed E-state index contributed by atoms with van der Waals surface area (Å²) in [6.45, 7) is 6.35. The molecule has 1 N–H and O–H groups in total. The lowest BCUT2D eigenvalue weighted by Gasteiger charge is -2.09. The molecule has 0 fully saturated rings. The first-order valence-corrected chi connectivity index (χ1v) is 4.89. The molecule has 2 aliphatic rings. The van der Waals surface area contributed by atoms with Crippen molar-refractivity contribution >= 4 is 6.21 Å². The zero-order valence-corrected chi connectivity index (χ0v) is 8.35. The van der Waals surface area contributed by atoms with Gasteiger partial charge < -0.3 is 5.32 Å². The zero-order valence-electron chi connectivity index (χ0n) is 8.35. The van der Waals surface area contributed by atoms with E-state index in [9.17, 15) is 0 Å². The Balaban J connectivity index is 2.27. The minimum Gasteiger partial charge on any atom is -0.309 e. The molecule has 0 amide bonds. The van der Waals surface area contributed by atoms with Gasteiger partial charge in [0.25, 0.3) is 0 Å². The van der Waals surface area contributed by atoms with E-state index in [0.29, 0.717) is 0 Å². The Kier molecular flexibility index (Phi) is 2.32. The van der Waals surface area contributed by atoms with Gasteiger partial charge in [0.2, 0.25) is 0 Å². The highest BCUT2D eigenvalue weighted by Crippen LogP contribution is 2.22. The summed E-state index contributed by atoms with van der Waals surface area (Å²) in [4.78, 5) is 4.46. The average Bonchev–Trinajstić information content (AvgIpc) is 2.55. The van der Waals surface area contributed by atoms with Crippen LogP contribution < -0.4 is 5.32 Å². The van der Waals surface area contributed by atoms with Crippen molar-refractivity contribution in [3.8, 4) is 0 Å². The third-order valence-electron chi connectivity index (χ3n) is 2.94. The number of allylic oxidation sites excluding steroid dienone is 2. The monoisotopic (exact) mass is 176 g/mol. The van der Waals surface area contributed by atoms with Gasteiger partial charge in [-0.05, 0) is 32.3 Å². The van der Waals surface area contributed by atoms with Crippen molar-refractivity contribution in [1.82, 2.24) is 5.32 Å². The second kappa shape index (κ2) is 3.46. The number of hydrogen-bond donors (Lipinski definition) is 1. The lowest BCUT2D eigenvalue weighted by molar-refractivity contribution is 0.825. The second-order valence-corrected chi connectivity index (χ2v) is 3.86. The third-order valence-corrected chi connectivity index (χ3v) is 2.94. The first-order valence-electron chi connectivity index (χ1n) is 4.89. The fraction of sp³-hybridized carbons (Fsp3) is 0.545. The van der Waals surface area contributed by atoms with E-state index in [0.717, 1.165) is 13.1 Å². The summed E-state index contributed by atoms with van der Waals surface area (Å²) < 4.78 is 0. The average molecular weight is 176 g/mol. The van der Waals surface area contributed by atoms with Gasteiger partial charge in [-0.1, -0.05) is 11.1 Å². The molecule has 0 aliphatic carbocycles. The Morgan fingerprint density at radius 3 is 2.92 bits per heavy atom. The molecule has 0 bridgehead atoms. The molecule has 2 nitrogen and oxygen atoms in total. The van der Waals surface area contributed by atoms with Crippen LogP contribution in [0.15, 0.2) is 27.4 Å². The second-order valence-electron chi connectivity index (χ2n) is 3.86. The van der Waals surface area contributed by atoms with E-state index in [1.54, 1.807) is 5.57 Å². The summed E-state index contributed by atoms with van der Waals surface area (Å²) in [5, 5.41) is 3.37. The van der Waals surface area contributed by atoms with Gasteiger partial charge in [0.1, 0.15) is 0 Å². The van der Waals surface area contributed by atoms with Gasteiger partial charge in [0.15, 0.2) is 0 Å². The Labute approximate surface area is 79.4 Å². The van der Waals surface area contributed by atoms with Crippen LogP contribution in [0.3, 0.4) is 0 Å². The van der Waals surface area contributed by atoms with Crippen LogP contribution in [0.4, 0.5) is 0 Å². The Morgan fingerprint density at radius 2 is 2.08 bits per heavy atom. The maximum atomic E-state index is 4.46. The maximum Gasteiger partial charge on any atom is 0.0362 e. The van der Waals surface area contributed by atoms with Gasteiger partial charge >= 0.3 is 0 Å². The largest absolute Gasteiger partial charge is 0.309 e. The molecule has 2 heteroatoms. The highest BCUT2D eigenvalue weighted by molar-refractivity contribution is 5.82. The highest BCUT2D eigenvalue weighted by atomic mass is 14.9. The molecular weight excluding hydrogens is 160 g/mol. The van der Waals surface area contributed by atoms with Gasteiger partial charge in [0, 0.05) is 25.0 Å². The predicted octanol–water partition coefficient (Wildman–Crippen LogP) is 2.04. The molecule has 2 rings (SSSR count). The fourth-order valence-electron chi connectivity index (χ4n) is 1.78. The van der Waals surface area contributed by atoms with E-state index >= 15 is 0 Å². The Morgan fingerprint density at radius 1 is 1.23 bits per heavy atom. The molecule has 0 saturated carbocycles. The van der Waals surface area contributed by atoms with Gasteiger partial charge in [-0.25, -0.2) is 0 Å². The van der Waals surface area contributed by atoms with Gasteiger partial charge in [-0.2, -0.15) is 0 Å². The summed E-state index contributed by atoms with van der Waals surface area (Å²) in [6.07, 6.45) is 4.41. The van der Waals surface area contributed by atoms with E-state index < -0.39 is 0 Å². The molecule has 13 heavy (non-hydrogen) atoms. The van der Waals surface area contributed by atoms with Crippen LogP contribution in [0, 0.1) is 0 Å². The lowest BCUT2D eigenvalue weighted by atomic mass is 10.0. The standard InChI is InChI=1S/C11H16N2/c1-8-3-4-10-5-12-6-11(10)7-13-9(8)2/h7,12H,3-6H2,1-2H3. The first-order chi connectivity index (χ1) is 6.27. The summed E-state index contributed by atoms with van der Waals surface area (Å²) >= 11 is 0. The SMILES string of the molecule is CC1=C(C)N=CC2=C(CC1)CNC2. The summed E-state index contributed by atoms with van der Waals surface area (Å²) in [7, 11) is 0. The molecule has 2 heterocycles. The molecule has 0 atom stereocenters. The maximum absolute atomic E-state index is 4.46. The quantitative estimate of drug-likeness (QED) is 0.600. The molecule has 2 aliphatic heterocycles. The number of nitrogens with zero attached hydrogens (tertiary/aromatic N) is 1. The topological polar surface area (TPSA) is 24.4 Å². The van der Waals surface area contributed by atoms with Crippen molar-refractivity contribution in [2.45, 2.75) is 26.7 Å². The molecular formula is C11H16N2. The van der Waals surface area contributed by atoms with Gasteiger partial charge in [-0.3, -0.25) is 4.99 Å². The van der Waals surface area contributed by atoms with Crippen molar-refractivity contribution in [2.75, 3.05) is 13.1 Å². The lowest BCUT2D eigenvalue weighted by Crippen LogP contribution is -2.09. The van der Waals surface area contributed by atoms with E-state index in [1.165, 1.54) is 29.7 Å². The number of rotatable bonds is 0. The summed E-state index contributed by atoms with van der Waals surface area (Å²) in [5.74, 6) is 0. The zero-order chi connectivity index (χ0) is 9.26. The molecule has 70 valence electrons. The van der Waals surface area contributed by atoms with Crippen molar-refractivity contribution in [3.05, 3.63) is 22.4 Å². The van der Waals surface area contributed by atoms with Crippen LogP contribution in [0.5, 0.6) is 0 Å². The normalized spacial score (nSPS) is 23.2. The summed E-state index contributed by atoms with van der Waals surface area (Å²) in [5.41, 5.74) is 5.58. The Hall–Kier alpha value is -0.890. The minimum absolute atomic E-state index is 1.01. The fourth-order valence-corrected chi connectivity index (χ4v) is 1.78. The Bertz CT molecular complexity index is 308. The van der Waals surface area contributed by atoms with Crippen LogP contribution in [-0.2, 0) is 0 Å². The molecule has 0 aromatic heterocycles. The molecule has 0 unspecified atom stereocenters. The molecule has 0 aromatic rings. The van der Waals surface area contributed by atoms with Gasteiger partial charge in [0.05, 0.1) is 0 Å².